The lowest BCUT2D eigenvalue weighted by Crippen LogP contribution is -2.52. The molecule has 136 valence electrons. The van der Waals surface area contributed by atoms with E-state index in [-0.39, 0.29) is 0 Å². The number of hydrogen-bond acceptors (Lipinski definition) is 4. The molecular formula is C18H33N5O. The summed E-state index contributed by atoms with van der Waals surface area (Å²) in [7, 11) is 4.13. The van der Waals surface area contributed by atoms with Gasteiger partial charge in [-0.05, 0) is 26.8 Å². The maximum Gasteiger partial charge on any atom is 0.193 e. The standard InChI is InChI=1S/C18H33N5O/c1-13(22-8-6-21(3)7-9-22)10-20-18(19-2)23-11-14-15(12-23)17-5-4-16(14)24-17/h13-17H,4-12H2,1-3H3,(H,19,20). The predicted molar refractivity (Wildman–Crippen MR) is 96.3 cm³/mol. The van der Waals surface area contributed by atoms with E-state index in [0.29, 0.717) is 18.2 Å². The van der Waals surface area contributed by atoms with E-state index in [1.807, 2.05) is 7.05 Å². The van der Waals surface area contributed by atoms with Gasteiger partial charge in [0, 0.05) is 70.7 Å². The Hall–Kier alpha value is -0.850. The van der Waals surface area contributed by atoms with Crippen molar-refractivity contribution in [1.29, 1.82) is 0 Å². The molecule has 24 heavy (non-hydrogen) atoms. The number of aliphatic imine (C=N–C) groups is 1. The minimum absolute atomic E-state index is 0.521. The van der Waals surface area contributed by atoms with E-state index >= 15 is 0 Å². The largest absolute Gasteiger partial charge is 0.374 e. The highest BCUT2D eigenvalue weighted by Crippen LogP contribution is 2.47. The molecule has 4 rings (SSSR count). The number of ether oxygens (including phenoxy) is 1. The number of rotatable bonds is 3. The van der Waals surface area contributed by atoms with Crippen molar-refractivity contribution < 1.29 is 4.74 Å². The summed E-state index contributed by atoms with van der Waals surface area (Å²) in [5, 5.41) is 3.64. The van der Waals surface area contributed by atoms with Gasteiger partial charge in [-0.1, -0.05) is 0 Å². The molecule has 0 spiro atoms. The van der Waals surface area contributed by atoms with Crippen LogP contribution in [0.15, 0.2) is 4.99 Å². The lowest BCUT2D eigenvalue weighted by atomic mass is 9.82. The van der Waals surface area contributed by atoms with Gasteiger partial charge in [-0.3, -0.25) is 9.89 Å². The number of fused-ring (bicyclic) bond motifs is 5. The SMILES string of the molecule is CN=C(NCC(C)N1CCN(C)CC1)N1CC2C3CCC(O3)C2C1. The van der Waals surface area contributed by atoms with Crippen molar-refractivity contribution in [3.05, 3.63) is 0 Å². The minimum atomic E-state index is 0.521. The zero-order chi connectivity index (χ0) is 16.7. The number of hydrogen-bond donors (Lipinski definition) is 1. The Labute approximate surface area is 146 Å². The van der Waals surface area contributed by atoms with E-state index in [9.17, 15) is 0 Å². The van der Waals surface area contributed by atoms with Gasteiger partial charge in [-0.15, -0.1) is 0 Å². The topological polar surface area (TPSA) is 43.3 Å². The van der Waals surface area contributed by atoms with Gasteiger partial charge in [0.15, 0.2) is 5.96 Å². The van der Waals surface area contributed by atoms with Crippen LogP contribution in [0.25, 0.3) is 0 Å². The van der Waals surface area contributed by atoms with Crippen LogP contribution in [0.3, 0.4) is 0 Å². The molecule has 2 bridgehead atoms. The maximum atomic E-state index is 6.09. The lowest BCUT2D eigenvalue weighted by molar-refractivity contribution is 0.0766. The van der Waals surface area contributed by atoms with Crippen LogP contribution in [0, 0.1) is 11.8 Å². The fraction of sp³-hybridized carbons (Fsp3) is 0.944. The molecule has 4 fully saturated rings. The van der Waals surface area contributed by atoms with Crippen molar-refractivity contribution in [2.24, 2.45) is 16.8 Å². The Balaban J connectivity index is 1.28. The van der Waals surface area contributed by atoms with Crippen molar-refractivity contribution in [3.63, 3.8) is 0 Å². The van der Waals surface area contributed by atoms with Crippen molar-refractivity contribution in [3.8, 4) is 0 Å². The first-order chi connectivity index (χ1) is 11.7. The van der Waals surface area contributed by atoms with Crippen LogP contribution >= 0.6 is 0 Å². The Kier molecular flexibility index (Phi) is 4.71. The summed E-state index contributed by atoms with van der Waals surface area (Å²) in [6, 6.07) is 0.553. The monoisotopic (exact) mass is 335 g/mol. The third kappa shape index (κ3) is 3.04. The molecule has 0 amide bonds. The molecule has 4 aliphatic heterocycles. The van der Waals surface area contributed by atoms with Crippen LogP contribution in [0.4, 0.5) is 0 Å². The van der Waals surface area contributed by atoms with Crippen LogP contribution in [0.2, 0.25) is 0 Å². The molecule has 4 aliphatic rings. The fourth-order valence-corrected chi connectivity index (χ4v) is 5.10. The summed E-state index contributed by atoms with van der Waals surface area (Å²) in [5.74, 6) is 2.56. The summed E-state index contributed by atoms with van der Waals surface area (Å²) < 4.78 is 6.09. The van der Waals surface area contributed by atoms with E-state index in [1.54, 1.807) is 0 Å². The molecule has 4 heterocycles. The highest BCUT2D eigenvalue weighted by atomic mass is 16.5. The smallest absolute Gasteiger partial charge is 0.193 e. The van der Waals surface area contributed by atoms with Crippen LogP contribution in [-0.4, -0.2) is 98.8 Å². The van der Waals surface area contributed by atoms with Gasteiger partial charge in [0.25, 0.3) is 0 Å². The molecule has 0 aromatic heterocycles. The molecule has 0 saturated carbocycles. The van der Waals surface area contributed by atoms with Crippen LogP contribution < -0.4 is 5.32 Å². The van der Waals surface area contributed by atoms with Gasteiger partial charge >= 0.3 is 0 Å². The van der Waals surface area contributed by atoms with Crippen LogP contribution in [-0.2, 0) is 4.74 Å². The summed E-state index contributed by atoms with van der Waals surface area (Å²) in [6.45, 7) is 10.3. The van der Waals surface area contributed by atoms with Crippen molar-refractivity contribution in [2.45, 2.75) is 38.0 Å². The summed E-state index contributed by atoms with van der Waals surface area (Å²) in [5.41, 5.74) is 0. The van der Waals surface area contributed by atoms with E-state index in [0.717, 1.165) is 37.4 Å². The first-order valence-corrected chi connectivity index (χ1v) is 9.69. The zero-order valence-electron chi connectivity index (χ0n) is 15.4. The minimum Gasteiger partial charge on any atom is -0.374 e. The second kappa shape index (κ2) is 6.81. The quantitative estimate of drug-likeness (QED) is 0.594. The summed E-state index contributed by atoms with van der Waals surface area (Å²) in [4.78, 5) is 12.0. The molecular weight excluding hydrogens is 302 g/mol. The highest BCUT2D eigenvalue weighted by Gasteiger charge is 2.53. The second-order valence-corrected chi connectivity index (χ2v) is 8.14. The van der Waals surface area contributed by atoms with Gasteiger partial charge in [0.05, 0.1) is 12.2 Å². The number of guanidine groups is 1. The molecule has 0 aromatic carbocycles. The molecule has 6 nitrogen and oxygen atoms in total. The number of piperazine rings is 1. The molecule has 6 heteroatoms. The first-order valence-electron chi connectivity index (χ1n) is 9.69. The fourth-order valence-electron chi connectivity index (χ4n) is 5.10. The van der Waals surface area contributed by atoms with Crippen LogP contribution in [0.5, 0.6) is 0 Å². The van der Waals surface area contributed by atoms with E-state index in [1.165, 1.54) is 39.0 Å². The Morgan fingerprint density at radius 3 is 2.33 bits per heavy atom. The molecule has 0 aliphatic carbocycles. The predicted octanol–water partition coefficient (Wildman–Crippen LogP) is 0.307. The van der Waals surface area contributed by atoms with Crippen LogP contribution in [0.1, 0.15) is 19.8 Å². The molecule has 5 unspecified atom stereocenters. The first kappa shape index (κ1) is 16.6. The molecule has 0 radical (unpaired) electrons. The number of likely N-dealkylation sites (tertiary alicyclic amines) is 1. The highest BCUT2D eigenvalue weighted by molar-refractivity contribution is 5.80. The van der Waals surface area contributed by atoms with Crippen molar-refractivity contribution in [2.75, 3.05) is 59.9 Å². The van der Waals surface area contributed by atoms with Crippen molar-refractivity contribution in [1.82, 2.24) is 20.0 Å². The Morgan fingerprint density at radius 1 is 1.12 bits per heavy atom. The van der Waals surface area contributed by atoms with Gasteiger partial charge in [-0.2, -0.15) is 0 Å². The van der Waals surface area contributed by atoms with E-state index in [4.69, 9.17) is 4.74 Å². The molecule has 1 N–H and O–H groups in total. The maximum absolute atomic E-state index is 6.09. The van der Waals surface area contributed by atoms with Gasteiger partial charge in [-0.25, -0.2) is 0 Å². The number of nitrogens with zero attached hydrogens (tertiary/aromatic N) is 4. The number of nitrogens with one attached hydrogen (secondary N) is 1. The van der Waals surface area contributed by atoms with Crippen molar-refractivity contribution >= 4 is 5.96 Å². The third-order valence-corrected chi connectivity index (χ3v) is 6.68. The normalized spacial score (nSPS) is 38.6. The van der Waals surface area contributed by atoms with Gasteiger partial charge in [0.2, 0.25) is 0 Å². The second-order valence-electron chi connectivity index (χ2n) is 8.14. The Bertz CT molecular complexity index is 458. The lowest BCUT2D eigenvalue weighted by Gasteiger charge is -2.37. The third-order valence-electron chi connectivity index (χ3n) is 6.68. The molecule has 5 atom stereocenters. The zero-order valence-corrected chi connectivity index (χ0v) is 15.4. The van der Waals surface area contributed by atoms with Gasteiger partial charge < -0.3 is 19.9 Å². The van der Waals surface area contributed by atoms with E-state index < -0.39 is 0 Å². The number of likely N-dealkylation sites (N-methyl/N-ethyl adjacent to an activating group) is 1. The van der Waals surface area contributed by atoms with E-state index in [2.05, 4.69) is 39.0 Å². The molecule has 0 aromatic rings. The summed E-state index contributed by atoms with van der Waals surface area (Å²) in [6.07, 6.45) is 3.58. The summed E-state index contributed by atoms with van der Waals surface area (Å²) >= 11 is 0. The Morgan fingerprint density at radius 2 is 1.75 bits per heavy atom. The van der Waals surface area contributed by atoms with Gasteiger partial charge in [0.1, 0.15) is 0 Å². The molecule has 4 saturated heterocycles. The average Bonchev–Trinajstić information content (AvgIpc) is 3.29. The average molecular weight is 335 g/mol.